The summed E-state index contributed by atoms with van der Waals surface area (Å²) in [6.45, 7) is -0.183. The number of anilines is 1. The van der Waals surface area contributed by atoms with Gasteiger partial charge in [0.2, 0.25) is 0 Å². The highest BCUT2D eigenvalue weighted by molar-refractivity contribution is 14.1. The summed E-state index contributed by atoms with van der Waals surface area (Å²) in [5.74, 6) is -0.605. The molecule has 2 N–H and O–H groups in total. The second-order valence-electron chi connectivity index (χ2n) is 4.31. The van der Waals surface area contributed by atoms with E-state index < -0.39 is 10.9 Å². The summed E-state index contributed by atoms with van der Waals surface area (Å²) in [7, 11) is 0. The van der Waals surface area contributed by atoms with Gasteiger partial charge in [-0.1, -0.05) is 12.1 Å². The maximum absolute atomic E-state index is 12.1. The number of esters is 1. The summed E-state index contributed by atoms with van der Waals surface area (Å²) >= 11 is 4.11. The van der Waals surface area contributed by atoms with Crippen LogP contribution in [0.2, 0.25) is 0 Å². The number of para-hydroxylation sites is 1. The Morgan fingerprint density at radius 1 is 1.27 bits per heavy atom. The Bertz CT molecular complexity index is 750. The summed E-state index contributed by atoms with van der Waals surface area (Å²) in [4.78, 5) is 22.6. The van der Waals surface area contributed by atoms with Crippen molar-refractivity contribution < 1.29 is 14.5 Å². The van der Waals surface area contributed by atoms with Gasteiger partial charge >= 0.3 is 5.97 Å². The van der Waals surface area contributed by atoms with Gasteiger partial charge in [-0.25, -0.2) is 4.79 Å². The van der Waals surface area contributed by atoms with E-state index in [0.717, 1.165) is 7.14 Å². The number of hydrogen-bond acceptors (Lipinski definition) is 5. The summed E-state index contributed by atoms with van der Waals surface area (Å²) in [6.07, 6.45) is 0. The molecule has 2 aromatic rings. The number of ether oxygens (including phenoxy) is 1. The van der Waals surface area contributed by atoms with Crippen molar-refractivity contribution in [1.82, 2.24) is 0 Å². The molecule has 0 aliphatic heterocycles. The lowest BCUT2D eigenvalue weighted by Crippen LogP contribution is -2.10. The van der Waals surface area contributed by atoms with E-state index in [1.54, 1.807) is 24.3 Å². The molecule has 0 aromatic heterocycles. The summed E-state index contributed by atoms with van der Waals surface area (Å²) in [5, 5.41) is 10.9. The lowest BCUT2D eigenvalue weighted by molar-refractivity contribution is -0.385. The van der Waals surface area contributed by atoms with E-state index in [9.17, 15) is 14.9 Å². The van der Waals surface area contributed by atoms with Gasteiger partial charge in [-0.05, 0) is 63.4 Å². The fraction of sp³-hybridized carbons (Fsp3) is 0.0714. The van der Waals surface area contributed by atoms with Gasteiger partial charge in [-0.15, -0.1) is 0 Å². The Hall–Kier alpha value is -1.43. The first-order valence-corrected chi connectivity index (χ1v) is 8.20. The average molecular weight is 524 g/mol. The molecule has 0 atom stereocenters. The molecule has 0 unspecified atom stereocenters. The van der Waals surface area contributed by atoms with Gasteiger partial charge in [-0.3, -0.25) is 10.1 Å². The largest absolute Gasteiger partial charge is 0.457 e. The number of nitro benzene ring substituents is 1. The van der Waals surface area contributed by atoms with Crippen molar-refractivity contribution in [3.05, 3.63) is 64.8 Å². The van der Waals surface area contributed by atoms with Crippen LogP contribution in [0.3, 0.4) is 0 Å². The number of nitrogens with two attached hydrogens (primary N) is 1. The molecule has 0 heterocycles. The molecule has 0 saturated heterocycles. The van der Waals surface area contributed by atoms with Gasteiger partial charge in [0.05, 0.1) is 21.7 Å². The normalized spacial score (nSPS) is 10.3. The monoisotopic (exact) mass is 524 g/mol. The molecular weight excluding hydrogens is 514 g/mol. The number of rotatable bonds is 4. The smallest absolute Gasteiger partial charge is 0.340 e. The van der Waals surface area contributed by atoms with E-state index in [-0.39, 0.29) is 17.9 Å². The SMILES string of the molecule is Nc1c(I)cc(I)cc1C(=O)OCc1ccccc1[N+](=O)[O-]. The first-order chi connectivity index (χ1) is 10.4. The molecule has 22 heavy (non-hydrogen) atoms. The minimum absolute atomic E-state index is 0.0829. The standard InChI is InChI=1S/C14H10I2N2O4/c15-9-5-10(13(17)11(16)6-9)14(19)22-7-8-3-1-2-4-12(8)18(20)21/h1-6H,7,17H2. The van der Waals surface area contributed by atoms with E-state index in [1.165, 1.54) is 6.07 Å². The number of nitrogen functional groups attached to an aromatic ring is 1. The molecule has 8 heteroatoms. The number of nitrogens with zero attached hydrogens (tertiary/aromatic N) is 1. The second kappa shape index (κ2) is 7.22. The van der Waals surface area contributed by atoms with Crippen LogP contribution in [0.4, 0.5) is 11.4 Å². The van der Waals surface area contributed by atoms with E-state index in [1.807, 2.05) is 28.7 Å². The Labute approximate surface area is 153 Å². The Kier molecular flexibility index (Phi) is 5.56. The third-order valence-corrected chi connectivity index (χ3v) is 4.38. The van der Waals surface area contributed by atoms with Crippen LogP contribution in [0.25, 0.3) is 0 Å². The third-order valence-electron chi connectivity index (χ3n) is 2.86. The van der Waals surface area contributed by atoms with Gasteiger partial charge in [0.15, 0.2) is 0 Å². The number of benzene rings is 2. The minimum atomic E-state index is -0.605. The average Bonchev–Trinajstić information content (AvgIpc) is 2.48. The van der Waals surface area contributed by atoms with Gasteiger partial charge in [0, 0.05) is 13.2 Å². The molecule has 0 radical (unpaired) electrons. The van der Waals surface area contributed by atoms with E-state index in [2.05, 4.69) is 22.6 Å². The quantitative estimate of drug-likeness (QED) is 0.216. The number of carbonyl (C=O) groups excluding carboxylic acids is 1. The fourth-order valence-electron chi connectivity index (χ4n) is 1.79. The van der Waals surface area contributed by atoms with E-state index in [4.69, 9.17) is 10.5 Å². The zero-order chi connectivity index (χ0) is 16.3. The van der Waals surface area contributed by atoms with Gasteiger partial charge in [-0.2, -0.15) is 0 Å². The minimum Gasteiger partial charge on any atom is -0.457 e. The topological polar surface area (TPSA) is 95.5 Å². The maximum atomic E-state index is 12.1. The molecule has 114 valence electrons. The molecule has 0 aliphatic carbocycles. The number of halogens is 2. The number of hydrogen-bond donors (Lipinski definition) is 1. The summed E-state index contributed by atoms with van der Waals surface area (Å²) in [6, 6.07) is 9.59. The molecule has 0 spiro atoms. The first kappa shape index (κ1) is 16.9. The second-order valence-corrected chi connectivity index (χ2v) is 6.72. The van der Waals surface area contributed by atoms with Crippen molar-refractivity contribution in [2.75, 3.05) is 5.73 Å². The van der Waals surface area contributed by atoms with Gasteiger partial charge in [0.1, 0.15) is 6.61 Å². The summed E-state index contributed by atoms with van der Waals surface area (Å²) in [5.41, 5.74) is 6.73. The molecule has 0 fully saturated rings. The van der Waals surface area contributed by atoms with Crippen LogP contribution in [-0.2, 0) is 11.3 Å². The maximum Gasteiger partial charge on any atom is 0.340 e. The number of nitro groups is 1. The van der Waals surface area contributed by atoms with Crippen LogP contribution in [-0.4, -0.2) is 10.9 Å². The van der Waals surface area contributed by atoms with Gasteiger partial charge in [0.25, 0.3) is 5.69 Å². The molecule has 2 rings (SSSR count). The highest BCUT2D eigenvalue weighted by atomic mass is 127. The first-order valence-electron chi connectivity index (χ1n) is 6.04. The van der Waals surface area contributed by atoms with Crippen LogP contribution in [0.5, 0.6) is 0 Å². The van der Waals surface area contributed by atoms with E-state index in [0.29, 0.717) is 11.3 Å². The van der Waals surface area contributed by atoms with Crippen LogP contribution >= 0.6 is 45.2 Å². The molecule has 2 aromatic carbocycles. The highest BCUT2D eigenvalue weighted by Gasteiger charge is 2.18. The van der Waals surface area contributed by atoms with Crippen molar-refractivity contribution in [3.63, 3.8) is 0 Å². The van der Waals surface area contributed by atoms with Crippen LogP contribution in [0, 0.1) is 17.3 Å². The molecule has 0 amide bonds. The number of carbonyl (C=O) groups is 1. The third kappa shape index (κ3) is 3.85. The van der Waals surface area contributed by atoms with Crippen LogP contribution in [0.1, 0.15) is 15.9 Å². The van der Waals surface area contributed by atoms with Gasteiger partial charge < -0.3 is 10.5 Å². The molecule has 6 nitrogen and oxygen atoms in total. The Morgan fingerprint density at radius 2 is 1.95 bits per heavy atom. The lowest BCUT2D eigenvalue weighted by Gasteiger charge is -2.09. The summed E-state index contributed by atoms with van der Waals surface area (Å²) < 4.78 is 6.77. The van der Waals surface area contributed by atoms with Crippen molar-refractivity contribution in [3.8, 4) is 0 Å². The molecular formula is C14H10I2N2O4. The molecule has 0 aliphatic rings. The Morgan fingerprint density at radius 3 is 2.64 bits per heavy atom. The van der Waals surface area contributed by atoms with E-state index >= 15 is 0 Å². The van der Waals surface area contributed by atoms with Crippen LogP contribution < -0.4 is 5.73 Å². The fourth-order valence-corrected chi connectivity index (χ4v) is 3.63. The van der Waals surface area contributed by atoms with Crippen molar-refractivity contribution >= 4 is 62.5 Å². The Balaban J connectivity index is 2.19. The van der Waals surface area contributed by atoms with Crippen LogP contribution in [0.15, 0.2) is 36.4 Å². The molecule has 0 saturated carbocycles. The highest BCUT2D eigenvalue weighted by Crippen LogP contribution is 2.25. The lowest BCUT2D eigenvalue weighted by atomic mass is 10.2. The zero-order valence-electron chi connectivity index (χ0n) is 11.1. The zero-order valence-corrected chi connectivity index (χ0v) is 15.4. The van der Waals surface area contributed by atoms with Crippen molar-refractivity contribution in [2.45, 2.75) is 6.61 Å². The van der Waals surface area contributed by atoms with Crippen molar-refractivity contribution in [1.29, 1.82) is 0 Å². The van der Waals surface area contributed by atoms with Crippen molar-refractivity contribution in [2.24, 2.45) is 0 Å². The predicted molar refractivity (Wildman–Crippen MR) is 98.5 cm³/mol. The molecule has 0 bridgehead atoms. The predicted octanol–water partition coefficient (Wildman–Crippen LogP) is 3.74.